The van der Waals surface area contributed by atoms with E-state index >= 15 is 0 Å². The van der Waals surface area contributed by atoms with E-state index in [1.807, 2.05) is 55.9 Å². The van der Waals surface area contributed by atoms with E-state index in [4.69, 9.17) is 9.97 Å². The second-order valence-corrected chi connectivity index (χ2v) is 10.0. The van der Waals surface area contributed by atoms with Gasteiger partial charge in [-0.05, 0) is 31.9 Å². The van der Waals surface area contributed by atoms with E-state index in [2.05, 4.69) is 25.1 Å². The molecule has 0 spiro atoms. The minimum absolute atomic E-state index is 0.149. The van der Waals surface area contributed by atoms with E-state index < -0.39 is 0 Å². The molecule has 7 rings (SSSR count). The van der Waals surface area contributed by atoms with Crippen LogP contribution in [0.5, 0.6) is 0 Å². The summed E-state index contributed by atoms with van der Waals surface area (Å²) in [6.45, 7) is 5.82. The van der Waals surface area contributed by atoms with E-state index in [1.165, 1.54) is 15.1 Å². The Kier molecular flexibility index (Phi) is 5.92. The van der Waals surface area contributed by atoms with E-state index in [1.54, 1.807) is 29.6 Å². The summed E-state index contributed by atoms with van der Waals surface area (Å²) in [6, 6.07) is 7.12. The van der Waals surface area contributed by atoms with Crippen molar-refractivity contribution in [2.45, 2.75) is 40.0 Å². The van der Waals surface area contributed by atoms with E-state index in [9.17, 15) is 9.59 Å². The fourth-order valence-corrected chi connectivity index (χ4v) is 5.30. The average molecular weight is 562 g/mol. The van der Waals surface area contributed by atoms with Crippen LogP contribution in [0.4, 0.5) is 0 Å². The second-order valence-electron chi connectivity index (χ2n) is 10.0. The highest BCUT2D eigenvalue weighted by Crippen LogP contribution is 2.23. The Morgan fingerprint density at radius 1 is 0.857 bits per heavy atom. The van der Waals surface area contributed by atoms with Gasteiger partial charge in [-0.2, -0.15) is 9.03 Å². The molecule has 0 aromatic carbocycles. The monoisotopic (exact) mass is 561 g/mol. The van der Waals surface area contributed by atoms with Crippen molar-refractivity contribution in [3.05, 3.63) is 111 Å². The molecule has 0 aliphatic rings. The molecule has 0 saturated heterocycles. The van der Waals surface area contributed by atoms with E-state index in [0.29, 0.717) is 57.4 Å². The average Bonchev–Trinajstić information content (AvgIpc) is 3.79. The summed E-state index contributed by atoms with van der Waals surface area (Å²) in [4.78, 5) is 49.6. The molecule has 0 saturated carbocycles. The molecule has 7 aromatic heterocycles. The van der Waals surface area contributed by atoms with Crippen LogP contribution in [0, 0.1) is 6.92 Å². The zero-order chi connectivity index (χ0) is 29.0. The van der Waals surface area contributed by atoms with Crippen LogP contribution in [0.3, 0.4) is 0 Å². The molecule has 2 N–H and O–H groups in total. The number of fused-ring (bicyclic) bond motifs is 2. The summed E-state index contributed by atoms with van der Waals surface area (Å²) in [6.07, 6.45) is 12.2. The summed E-state index contributed by atoms with van der Waals surface area (Å²) >= 11 is 0. The van der Waals surface area contributed by atoms with Crippen molar-refractivity contribution >= 4 is 11.3 Å². The zero-order valence-corrected chi connectivity index (χ0v) is 23.2. The van der Waals surface area contributed by atoms with Crippen molar-refractivity contribution in [1.82, 2.24) is 53.3 Å². The van der Waals surface area contributed by atoms with Crippen molar-refractivity contribution in [3.63, 3.8) is 0 Å². The lowest BCUT2D eigenvalue weighted by Crippen LogP contribution is -2.21. The number of aryl methyl sites for hydroxylation is 2. The minimum atomic E-state index is -0.265. The Balaban J connectivity index is 1.36. The normalized spacial score (nSPS) is 11.7. The molecule has 0 atom stereocenters. The first-order valence-electron chi connectivity index (χ1n) is 13.7. The molecule has 0 amide bonds. The highest BCUT2D eigenvalue weighted by Gasteiger charge is 2.21. The first-order valence-corrected chi connectivity index (χ1v) is 13.7. The molecule has 7 aromatic rings. The van der Waals surface area contributed by atoms with Gasteiger partial charge in [-0.1, -0.05) is 19.9 Å². The van der Waals surface area contributed by atoms with Gasteiger partial charge in [0.15, 0.2) is 11.3 Å². The molecule has 210 valence electrons. The molecule has 13 nitrogen and oxygen atoms in total. The molecule has 0 bridgehead atoms. The molecule has 0 radical (unpaired) electrons. The van der Waals surface area contributed by atoms with Gasteiger partial charge in [0.2, 0.25) is 0 Å². The number of nitrogens with one attached hydrogen (secondary N) is 2. The molecular formula is C29H27N11O2. The molecule has 42 heavy (non-hydrogen) atoms. The van der Waals surface area contributed by atoms with Gasteiger partial charge in [-0.15, -0.1) is 0 Å². The lowest BCUT2D eigenvalue weighted by Gasteiger charge is -2.06. The fraction of sp³-hybridized carbons (Fsp3) is 0.207. The smallest absolute Gasteiger partial charge is 0.276 e. The van der Waals surface area contributed by atoms with Gasteiger partial charge in [-0.25, -0.2) is 19.9 Å². The van der Waals surface area contributed by atoms with Crippen LogP contribution in [0.25, 0.3) is 34.1 Å². The standard InChI is InChI=1S/C29H27N11O2/c1-4-18-13-38(15-31-18)26-22(36-40-28(26)34-17(3)20(5-2)29(40)42)10-19-11-25(41)39-27(35-19)24(12-33-39)37-14-23(32-16-37)21-8-6-7-9-30-21/h6-9,11-16,33,36H,4-5,10H2,1-3H3. The number of rotatable bonds is 7. The summed E-state index contributed by atoms with van der Waals surface area (Å²) in [5.41, 5.74) is 6.74. The van der Waals surface area contributed by atoms with Crippen LogP contribution in [0.1, 0.15) is 42.2 Å². The highest BCUT2D eigenvalue weighted by atomic mass is 16.1. The van der Waals surface area contributed by atoms with Gasteiger partial charge in [0.1, 0.15) is 23.4 Å². The summed E-state index contributed by atoms with van der Waals surface area (Å²) in [5, 5.41) is 6.24. The van der Waals surface area contributed by atoms with Gasteiger partial charge in [0, 0.05) is 48.5 Å². The van der Waals surface area contributed by atoms with Crippen LogP contribution in [0.2, 0.25) is 0 Å². The first kappa shape index (κ1) is 25.4. The quantitative estimate of drug-likeness (QED) is 0.304. The van der Waals surface area contributed by atoms with Gasteiger partial charge in [0.05, 0.1) is 29.1 Å². The number of hydrogen-bond donors (Lipinski definition) is 2. The number of pyridine rings is 1. The van der Waals surface area contributed by atoms with Gasteiger partial charge >= 0.3 is 0 Å². The van der Waals surface area contributed by atoms with Crippen LogP contribution in [-0.2, 0) is 19.3 Å². The van der Waals surface area contributed by atoms with Crippen molar-refractivity contribution in [1.29, 1.82) is 0 Å². The maximum atomic E-state index is 13.4. The maximum absolute atomic E-state index is 13.4. The Morgan fingerprint density at radius 2 is 1.71 bits per heavy atom. The van der Waals surface area contributed by atoms with Crippen LogP contribution in [0.15, 0.2) is 71.3 Å². The molecule has 0 fully saturated rings. The number of aromatic amines is 2. The third-order valence-electron chi connectivity index (χ3n) is 7.42. The zero-order valence-electron chi connectivity index (χ0n) is 23.2. The Morgan fingerprint density at radius 3 is 2.48 bits per heavy atom. The maximum Gasteiger partial charge on any atom is 0.276 e. The van der Waals surface area contributed by atoms with Crippen molar-refractivity contribution in [3.8, 4) is 22.8 Å². The molecular weight excluding hydrogens is 534 g/mol. The predicted octanol–water partition coefficient (Wildman–Crippen LogP) is 2.82. The third-order valence-corrected chi connectivity index (χ3v) is 7.42. The molecule has 0 aliphatic carbocycles. The number of imidazole rings is 2. The Hall–Kier alpha value is -5.59. The lowest BCUT2D eigenvalue weighted by molar-refractivity contribution is 0.823. The van der Waals surface area contributed by atoms with Gasteiger partial charge in [-0.3, -0.25) is 24.8 Å². The number of H-pyrrole nitrogens is 2. The van der Waals surface area contributed by atoms with E-state index in [0.717, 1.165) is 17.8 Å². The Bertz CT molecular complexity index is 2210. The third kappa shape index (κ3) is 4.05. The van der Waals surface area contributed by atoms with E-state index in [-0.39, 0.29) is 17.5 Å². The fourth-order valence-electron chi connectivity index (χ4n) is 5.30. The summed E-state index contributed by atoms with van der Waals surface area (Å²) in [7, 11) is 0. The highest BCUT2D eigenvalue weighted by molar-refractivity contribution is 5.64. The number of hydrogen-bond acceptors (Lipinski definition) is 7. The molecule has 7 heterocycles. The summed E-state index contributed by atoms with van der Waals surface area (Å²) < 4.78 is 6.53. The minimum Gasteiger partial charge on any atom is -0.301 e. The van der Waals surface area contributed by atoms with Crippen LogP contribution in [-0.4, -0.2) is 53.3 Å². The molecule has 13 heteroatoms. The SMILES string of the molecule is CCc1cn(-c2c(Cc3cc(=O)n4[nH]cc(-n5cnc(-c6ccccn6)c5)c4n3)[nH]n3c(=O)c(CC)c(C)nc23)cn1. The van der Waals surface area contributed by atoms with Gasteiger partial charge < -0.3 is 9.13 Å². The topological polar surface area (TPSA) is 149 Å². The number of aromatic nitrogens is 11. The van der Waals surface area contributed by atoms with Gasteiger partial charge in [0.25, 0.3) is 11.1 Å². The second kappa shape index (κ2) is 9.80. The molecule has 0 unspecified atom stereocenters. The van der Waals surface area contributed by atoms with Crippen molar-refractivity contribution in [2.24, 2.45) is 0 Å². The lowest BCUT2D eigenvalue weighted by atomic mass is 10.2. The Labute approximate surface area is 238 Å². The predicted molar refractivity (Wildman–Crippen MR) is 155 cm³/mol. The first-order chi connectivity index (χ1) is 20.4. The molecule has 0 aliphatic heterocycles. The van der Waals surface area contributed by atoms with Crippen molar-refractivity contribution in [2.75, 3.05) is 0 Å². The van der Waals surface area contributed by atoms with Crippen LogP contribution < -0.4 is 11.1 Å². The number of nitrogens with zero attached hydrogens (tertiary/aromatic N) is 9. The van der Waals surface area contributed by atoms with Crippen molar-refractivity contribution < 1.29 is 0 Å². The largest absolute Gasteiger partial charge is 0.301 e. The van der Waals surface area contributed by atoms with Crippen LogP contribution >= 0.6 is 0 Å². The summed E-state index contributed by atoms with van der Waals surface area (Å²) in [5.74, 6) is 0.